The molecule has 2 N–H and O–H groups in total. The summed E-state index contributed by atoms with van der Waals surface area (Å²) in [5, 5.41) is 10.6. The number of nitrogens with one attached hydrogen (secondary N) is 1. The van der Waals surface area contributed by atoms with Crippen LogP contribution in [-0.2, 0) is 4.74 Å². The second-order valence-corrected chi connectivity index (χ2v) is 7.42. The van der Waals surface area contributed by atoms with Crippen LogP contribution in [0.4, 0.5) is 4.39 Å². The Morgan fingerprint density at radius 3 is 2.79 bits per heavy atom. The van der Waals surface area contributed by atoms with E-state index in [1.54, 1.807) is 18.2 Å². The van der Waals surface area contributed by atoms with Crippen molar-refractivity contribution < 1.29 is 19.0 Å². The number of benzene rings is 2. The van der Waals surface area contributed by atoms with E-state index in [4.69, 9.17) is 14.5 Å². The first-order valence-corrected chi connectivity index (χ1v) is 9.94. The number of likely N-dealkylation sites (tertiary alicyclic amines) is 1. The van der Waals surface area contributed by atoms with E-state index >= 15 is 0 Å². The third-order valence-corrected chi connectivity index (χ3v) is 5.28. The van der Waals surface area contributed by atoms with Crippen molar-refractivity contribution in [2.24, 2.45) is 0 Å². The molecule has 1 aliphatic rings. The normalized spacial score (nSPS) is 16.9. The van der Waals surface area contributed by atoms with Gasteiger partial charge in [0.2, 0.25) is 0 Å². The molecule has 0 radical (unpaired) electrons. The lowest BCUT2D eigenvalue weighted by atomic mass is 10.0. The van der Waals surface area contributed by atoms with E-state index in [2.05, 4.69) is 16.9 Å². The molecule has 0 amide bonds. The van der Waals surface area contributed by atoms with Gasteiger partial charge in [0.05, 0.1) is 17.1 Å². The first-order chi connectivity index (χ1) is 14.1. The number of halogens is 1. The molecule has 4 rings (SSSR count). The fourth-order valence-corrected chi connectivity index (χ4v) is 3.68. The summed E-state index contributed by atoms with van der Waals surface area (Å²) in [6.45, 7) is 1.32. The smallest absolute Gasteiger partial charge is 0.144 e. The molecule has 1 aromatic heterocycles. The molecule has 2 aromatic carbocycles. The van der Waals surface area contributed by atoms with E-state index in [9.17, 15) is 9.50 Å². The van der Waals surface area contributed by atoms with Gasteiger partial charge in [0, 0.05) is 18.7 Å². The third-order valence-electron chi connectivity index (χ3n) is 5.28. The number of phenols is 1. The molecule has 1 unspecified atom stereocenters. The quantitative estimate of drug-likeness (QED) is 0.632. The summed E-state index contributed by atoms with van der Waals surface area (Å²) in [6, 6.07) is 12.7. The Balaban J connectivity index is 1.69. The zero-order valence-corrected chi connectivity index (χ0v) is 16.5. The Hall–Kier alpha value is -2.64. The minimum atomic E-state index is -0.579. The summed E-state index contributed by atoms with van der Waals surface area (Å²) in [4.78, 5) is 10.3. The van der Waals surface area contributed by atoms with Gasteiger partial charge in [-0.2, -0.15) is 0 Å². The monoisotopic (exact) mass is 399 g/mol. The number of para-hydroxylation sites is 2. The first-order valence-electron chi connectivity index (χ1n) is 9.94. The van der Waals surface area contributed by atoms with Crippen LogP contribution in [0, 0.1) is 0 Å². The van der Waals surface area contributed by atoms with Crippen molar-refractivity contribution in [3.8, 4) is 11.5 Å². The number of aromatic nitrogens is 2. The van der Waals surface area contributed by atoms with Crippen molar-refractivity contribution in [1.82, 2.24) is 14.9 Å². The SMILES string of the molecule is CN1CCC(OC(c2nc3ccccc3[nH]2)c2cc(OCCF)ccc2O)CC1. The van der Waals surface area contributed by atoms with Crippen LogP contribution in [0.15, 0.2) is 42.5 Å². The van der Waals surface area contributed by atoms with Gasteiger partial charge in [0.1, 0.15) is 36.7 Å². The van der Waals surface area contributed by atoms with Crippen molar-refractivity contribution in [2.45, 2.75) is 25.0 Å². The van der Waals surface area contributed by atoms with Gasteiger partial charge in [-0.25, -0.2) is 9.37 Å². The molecular formula is C22H26FN3O3. The highest BCUT2D eigenvalue weighted by molar-refractivity contribution is 5.75. The molecule has 7 heteroatoms. The zero-order valence-electron chi connectivity index (χ0n) is 16.5. The number of phenolic OH excluding ortho intramolecular Hbond substituents is 1. The number of ether oxygens (including phenoxy) is 2. The van der Waals surface area contributed by atoms with Crippen LogP contribution in [0.2, 0.25) is 0 Å². The topological polar surface area (TPSA) is 70.6 Å². The predicted octanol–water partition coefficient (Wildman–Crippen LogP) is 3.82. The highest BCUT2D eigenvalue weighted by Gasteiger charge is 2.28. The number of fused-ring (bicyclic) bond motifs is 1. The molecule has 2 heterocycles. The number of imidazole rings is 1. The summed E-state index contributed by atoms with van der Waals surface area (Å²) >= 11 is 0. The van der Waals surface area contributed by atoms with Gasteiger partial charge in [-0.1, -0.05) is 12.1 Å². The summed E-state index contributed by atoms with van der Waals surface area (Å²) in [5.41, 5.74) is 2.30. The van der Waals surface area contributed by atoms with Gasteiger partial charge < -0.3 is 24.5 Å². The Bertz CT molecular complexity index is 920. The van der Waals surface area contributed by atoms with E-state index in [-0.39, 0.29) is 18.5 Å². The number of piperidine rings is 1. The highest BCUT2D eigenvalue weighted by Crippen LogP contribution is 2.36. The predicted molar refractivity (Wildman–Crippen MR) is 109 cm³/mol. The van der Waals surface area contributed by atoms with E-state index in [1.807, 2.05) is 24.3 Å². The Morgan fingerprint density at radius 1 is 1.24 bits per heavy atom. The highest BCUT2D eigenvalue weighted by atomic mass is 19.1. The minimum Gasteiger partial charge on any atom is -0.508 e. The average Bonchev–Trinajstić information content (AvgIpc) is 3.17. The fraction of sp³-hybridized carbons (Fsp3) is 0.409. The molecule has 0 saturated carbocycles. The van der Waals surface area contributed by atoms with Gasteiger partial charge in [0.15, 0.2) is 0 Å². The maximum atomic E-state index is 12.5. The molecule has 1 atom stereocenters. The largest absolute Gasteiger partial charge is 0.508 e. The Morgan fingerprint density at radius 2 is 2.03 bits per heavy atom. The number of aromatic amines is 1. The van der Waals surface area contributed by atoms with Crippen LogP contribution in [0.25, 0.3) is 11.0 Å². The molecule has 29 heavy (non-hydrogen) atoms. The molecule has 0 spiro atoms. The van der Waals surface area contributed by atoms with Crippen molar-refractivity contribution in [2.75, 3.05) is 33.4 Å². The van der Waals surface area contributed by atoms with Crippen LogP contribution in [0.3, 0.4) is 0 Å². The lowest BCUT2D eigenvalue weighted by molar-refractivity contribution is -0.0272. The number of H-pyrrole nitrogens is 1. The van der Waals surface area contributed by atoms with Gasteiger partial charge in [-0.15, -0.1) is 0 Å². The van der Waals surface area contributed by atoms with Gasteiger partial charge in [0.25, 0.3) is 0 Å². The van der Waals surface area contributed by atoms with Crippen LogP contribution in [-0.4, -0.2) is 59.5 Å². The van der Waals surface area contributed by atoms with Crippen molar-refractivity contribution in [3.05, 3.63) is 53.9 Å². The number of nitrogens with zero attached hydrogens (tertiary/aromatic N) is 2. The molecule has 1 fully saturated rings. The van der Waals surface area contributed by atoms with Crippen molar-refractivity contribution in [1.29, 1.82) is 0 Å². The van der Waals surface area contributed by atoms with Crippen LogP contribution in [0.5, 0.6) is 11.5 Å². The van der Waals surface area contributed by atoms with Gasteiger partial charge in [-0.3, -0.25) is 0 Å². The summed E-state index contributed by atoms with van der Waals surface area (Å²) < 4.78 is 24.4. The van der Waals surface area contributed by atoms with Crippen LogP contribution in [0.1, 0.15) is 30.3 Å². The van der Waals surface area contributed by atoms with E-state index in [1.165, 1.54) is 0 Å². The van der Waals surface area contributed by atoms with Crippen LogP contribution < -0.4 is 4.74 Å². The molecule has 1 aliphatic heterocycles. The Kier molecular flexibility index (Phi) is 5.97. The lowest BCUT2D eigenvalue weighted by Gasteiger charge is -2.31. The van der Waals surface area contributed by atoms with E-state index < -0.39 is 12.8 Å². The molecule has 0 aliphatic carbocycles. The zero-order chi connectivity index (χ0) is 20.2. The lowest BCUT2D eigenvalue weighted by Crippen LogP contribution is -2.35. The van der Waals surface area contributed by atoms with Crippen molar-refractivity contribution >= 4 is 11.0 Å². The van der Waals surface area contributed by atoms with E-state index in [0.29, 0.717) is 17.1 Å². The minimum absolute atomic E-state index is 0.0324. The molecular weight excluding hydrogens is 373 g/mol. The van der Waals surface area contributed by atoms with Gasteiger partial charge >= 0.3 is 0 Å². The fourth-order valence-electron chi connectivity index (χ4n) is 3.68. The van der Waals surface area contributed by atoms with Gasteiger partial charge in [-0.05, 0) is 50.2 Å². The summed E-state index contributed by atoms with van der Waals surface area (Å²) in [6.07, 6.45) is 1.29. The third kappa shape index (κ3) is 4.52. The Labute approximate surface area is 169 Å². The number of aromatic hydroxyl groups is 1. The molecule has 0 bridgehead atoms. The standard InChI is InChI=1S/C22H26FN3O3/c1-26-11-8-15(9-12-26)29-21(22-24-18-4-2-3-5-19(18)25-22)17-14-16(28-13-10-23)6-7-20(17)27/h2-7,14-15,21,27H,8-13H2,1H3,(H,24,25). The van der Waals surface area contributed by atoms with Crippen LogP contribution >= 0.6 is 0 Å². The average molecular weight is 399 g/mol. The summed E-state index contributed by atoms with van der Waals surface area (Å²) in [7, 11) is 2.10. The second-order valence-electron chi connectivity index (χ2n) is 7.42. The number of hydrogen-bond donors (Lipinski definition) is 2. The van der Waals surface area contributed by atoms with Crippen molar-refractivity contribution in [3.63, 3.8) is 0 Å². The summed E-state index contributed by atoms with van der Waals surface area (Å²) in [5.74, 6) is 1.21. The molecule has 154 valence electrons. The number of alkyl halides is 1. The first kappa shape index (κ1) is 19.7. The second kappa shape index (κ2) is 8.80. The maximum Gasteiger partial charge on any atom is 0.144 e. The van der Waals surface area contributed by atoms with E-state index in [0.717, 1.165) is 37.0 Å². The molecule has 6 nitrogen and oxygen atoms in total. The maximum absolute atomic E-state index is 12.5. The molecule has 1 saturated heterocycles. The number of rotatable bonds is 7. The number of hydrogen-bond acceptors (Lipinski definition) is 5. The molecule has 3 aromatic rings.